The van der Waals surface area contributed by atoms with Crippen LogP contribution >= 0.6 is 0 Å². The maximum absolute atomic E-state index is 12.1. The average molecular weight is 329 g/mol. The Kier molecular flexibility index (Phi) is 7.79. The predicted molar refractivity (Wildman–Crippen MR) is 84.8 cm³/mol. The van der Waals surface area contributed by atoms with Crippen molar-refractivity contribution >= 4 is 18.0 Å². The van der Waals surface area contributed by atoms with Gasteiger partial charge in [0.15, 0.2) is 0 Å². The summed E-state index contributed by atoms with van der Waals surface area (Å²) in [6, 6.07) is 0. The van der Waals surface area contributed by atoms with Gasteiger partial charge in [0.25, 0.3) is 0 Å². The van der Waals surface area contributed by atoms with Crippen LogP contribution in [-0.2, 0) is 23.8 Å². The second-order valence-electron chi connectivity index (χ2n) is 6.36. The van der Waals surface area contributed by atoms with Gasteiger partial charge in [0, 0.05) is 5.57 Å². The van der Waals surface area contributed by atoms with Gasteiger partial charge in [0.05, 0.1) is 0 Å². The first-order chi connectivity index (χ1) is 10.4. The zero-order valence-corrected chi connectivity index (χ0v) is 14.8. The zero-order chi connectivity index (χ0) is 18.3. The van der Waals surface area contributed by atoms with E-state index in [4.69, 9.17) is 14.2 Å². The second-order valence-corrected chi connectivity index (χ2v) is 6.36. The molecule has 0 fully saturated rings. The number of carbonyl (C=O) groups excluding carboxylic acids is 3. The number of carbonyl (C=O) groups is 3. The maximum Gasteiger partial charge on any atom is 0.408 e. The van der Waals surface area contributed by atoms with Crippen LogP contribution in [0.3, 0.4) is 0 Å². The quantitative estimate of drug-likeness (QED) is 0.334. The Hall–Kier alpha value is -2.05. The van der Waals surface area contributed by atoms with Crippen molar-refractivity contribution in [2.45, 2.75) is 59.1 Å². The van der Waals surface area contributed by atoms with Crippen LogP contribution in [0.2, 0.25) is 0 Å². The number of hydrogen-bond donors (Lipinski definition) is 1. The largest absolute Gasteiger partial charge is 0.460 e. The lowest BCUT2D eigenvalue weighted by Gasteiger charge is -2.29. The molecule has 0 aliphatic heterocycles. The number of esters is 2. The molecule has 0 aliphatic rings. The van der Waals surface area contributed by atoms with Gasteiger partial charge < -0.3 is 19.5 Å². The van der Waals surface area contributed by atoms with E-state index in [1.807, 2.05) is 0 Å². The van der Waals surface area contributed by atoms with Crippen molar-refractivity contribution in [2.75, 3.05) is 13.2 Å². The van der Waals surface area contributed by atoms with Crippen molar-refractivity contribution in [3.8, 4) is 0 Å². The van der Waals surface area contributed by atoms with Gasteiger partial charge in [-0.05, 0) is 41.0 Å². The SMILES string of the molecule is C=C(C)C(=O)OCCOC(=O)[C@@](C)(CC)NC(=O)OC(C)(C)C. The minimum atomic E-state index is -1.22. The molecule has 0 aliphatic carbocycles. The number of hydrogen-bond acceptors (Lipinski definition) is 6. The number of amides is 1. The van der Waals surface area contributed by atoms with Crippen molar-refractivity contribution in [1.82, 2.24) is 5.32 Å². The summed E-state index contributed by atoms with van der Waals surface area (Å²) in [5.41, 5.74) is -1.62. The average Bonchev–Trinajstić information content (AvgIpc) is 2.40. The van der Waals surface area contributed by atoms with Crippen LogP contribution in [0.5, 0.6) is 0 Å². The van der Waals surface area contributed by atoms with Crippen molar-refractivity contribution in [3.05, 3.63) is 12.2 Å². The first kappa shape index (κ1) is 20.9. The third-order valence-electron chi connectivity index (χ3n) is 2.83. The molecule has 0 heterocycles. The molecule has 0 radical (unpaired) electrons. The van der Waals surface area contributed by atoms with Crippen LogP contribution in [0.15, 0.2) is 12.2 Å². The first-order valence-corrected chi connectivity index (χ1v) is 7.42. The molecule has 0 spiro atoms. The fourth-order valence-electron chi connectivity index (χ4n) is 1.36. The lowest BCUT2D eigenvalue weighted by Crippen LogP contribution is -2.53. The highest BCUT2D eigenvalue weighted by molar-refractivity contribution is 5.87. The van der Waals surface area contributed by atoms with Crippen LogP contribution in [0.4, 0.5) is 4.79 Å². The lowest BCUT2D eigenvalue weighted by molar-refractivity contribution is -0.155. The van der Waals surface area contributed by atoms with Gasteiger partial charge in [0.1, 0.15) is 24.4 Å². The van der Waals surface area contributed by atoms with Gasteiger partial charge in [-0.1, -0.05) is 13.5 Å². The molecular formula is C16H27NO6. The highest BCUT2D eigenvalue weighted by Crippen LogP contribution is 2.14. The Bertz CT molecular complexity index is 466. The van der Waals surface area contributed by atoms with Gasteiger partial charge in [-0.2, -0.15) is 0 Å². The van der Waals surface area contributed by atoms with Gasteiger partial charge in [0.2, 0.25) is 0 Å². The summed E-state index contributed by atoms with van der Waals surface area (Å²) in [7, 11) is 0. The zero-order valence-electron chi connectivity index (χ0n) is 14.8. The molecule has 0 aromatic carbocycles. The van der Waals surface area contributed by atoms with Crippen molar-refractivity contribution in [3.63, 3.8) is 0 Å². The molecule has 1 atom stereocenters. The van der Waals surface area contributed by atoms with E-state index in [9.17, 15) is 14.4 Å². The van der Waals surface area contributed by atoms with Crippen molar-refractivity contribution in [2.24, 2.45) is 0 Å². The summed E-state index contributed by atoms with van der Waals surface area (Å²) in [6.07, 6.45) is -0.385. The maximum atomic E-state index is 12.1. The monoisotopic (exact) mass is 329 g/mol. The van der Waals surface area contributed by atoms with Gasteiger partial charge in [-0.25, -0.2) is 14.4 Å². The molecule has 7 nitrogen and oxygen atoms in total. The highest BCUT2D eigenvalue weighted by Gasteiger charge is 2.36. The molecule has 132 valence electrons. The Labute approximate surface area is 137 Å². The summed E-state index contributed by atoms with van der Waals surface area (Å²) < 4.78 is 15.0. The topological polar surface area (TPSA) is 90.9 Å². The molecule has 1 amide bonds. The smallest absolute Gasteiger partial charge is 0.408 e. The number of rotatable bonds is 7. The van der Waals surface area contributed by atoms with Crippen LogP contribution in [0.1, 0.15) is 48.0 Å². The summed E-state index contributed by atoms with van der Waals surface area (Å²) in [4.78, 5) is 35.1. The molecule has 0 saturated carbocycles. The molecule has 0 aromatic rings. The van der Waals surface area contributed by atoms with E-state index >= 15 is 0 Å². The summed E-state index contributed by atoms with van der Waals surface area (Å²) in [6.45, 7) is 13.2. The second kappa shape index (κ2) is 8.55. The van der Waals surface area contributed by atoms with Crippen LogP contribution < -0.4 is 5.32 Å². The number of ether oxygens (including phenoxy) is 3. The molecule has 7 heteroatoms. The summed E-state index contributed by atoms with van der Waals surface area (Å²) in [5, 5.41) is 2.51. The standard InChI is InChI=1S/C16H27NO6/c1-8-16(7,17-14(20)23-15(4,5)6)13(19)22-10-9-21-12(18)11(2)3/h2,8-10H2,1,3-7H3,(H,17,20)/t16-/m1/s1. The minimum absolute atomic E-state index is 0.0797. The Balaban J connectivity index is 4.46. The van der Waals surface area contributed by atoms with Gasteiger partial charge in [-0.15, -0.1) is 0 Å². The van der Waals surface area contributed by atoms with Crippen LogP contribution in [0.25, 0.3) is 0 Å². The van der Waals surface area contributed by atoms with E-state index in [1.54, 1.807) is 34.6 Å². The van der Waals surface area contributed by atoms with Gasteiger partial charge >= 0.3 is 18.0 Å². The summed E-state index contributed by atoms with van der Waals surface area (Å²) >= 11 is 0. The molecule has 0 saturated heterocycles. The first-order valence-electron chi connectivity index (χ1n) is 7.42. The van der Waals surface area contributed by atoms with Gasteiger partial charge in [-0.3, -0.25) is 0 Å². The van der Waals surface area contributed by atoms with E-state index in [0.29, 0.717) is 6.42 Å². The summed E-state index contributed by atoms with van der Waals surface area (Å²) in [5.74, 6) is -1.18. The van der Waals surface area contributed by atoms with Crippen LogP contribution in [-0.4, -0.2) is 42.4 Å². The Morgan fingerprint density at radius 3 is 2.00 bits per heavy atom. The predicted octanol–water partition coefficient (Wildman–Crippen LogP) is 2.34. The third kappa shape index (κ3) is 8.23. The Morgan fingerprint density at radius 2 is 1.57 bits per heavy atom. The normalized spacial score (nSPS) is 13.5. The van der Waals surface area contributed by atoms with E-state index < -0.39 is 29.2 Å². The Morgan fingerprint density at radius 1 is 1.04 bits per heavy atom. The highest BCUT2D eigenvalue weighted by atomic mass is 16.6. The van der Waals surface area contributed by atoms with E-state index in [-0.39, 0.29) is 18.8 Å². The molecule has 0 aromatic heterocycles. The molecule has 23 heavy (non-hydrogen) atoms. The third-order valence-corrected chi connectivity index (χ3v) is 2.83. The number of alkyl carbamates (subject to hydrolysis) is 1. The van der Waals surface area contributed by atoms with E-state index in [0.717, 1.165) is 0 Å². The van der Waals surface area contributed by atoms with E-state index in [1.165, 1.54) is 6.92 Å². The fourth-order valence-corrected chi connectivity index (χ4v) is 1.36. The van der Waals surface area contributed by atoms with Crippen LogP contribution in [0, 0.1) is 0 Å². The minimum Gasteiger partial charge on any atom is -0.460 e. The molecule has 1 N–H and O–H groups in total. The van der Waals surface area contributed by atoms with Crippen molar-refractivity contribution < 1.29 is 28.6 Å². The van der Waals surface area contributed by atoms with Crippen molar-refractivity contribution in [1.29, 1.82) is 0 Å². The fraction of sp³-hybridized carbons (Fsp3) is 0.688. The lowest BCUT2D eigenvalue weighted by atomic mass is 9.99. The molecular weight excluding hydrogens is 302 g/mol. The molecule has 0 unspecified atom stereocenters. The molecule has 0 rings (SSSR count). The number of nitrogens with one attached hydrogen (secondary N) is 1. The van der Waals surface area contributed by atoms with E-state index in [2.05, 4.69) is 11.9 Å². The molecule has 0 bridgehead atoms.